The Morgan fingerprint density at radius 3 is 2.60 bits per heavy atom. The predicted molar refractivity (Wildman–Crippen MR) is 87.2 cm³/mol. The fourth-order valence-corrected chi connectivity index (χ4v) is 4.71. The summed E-state index contributed by atoms with van der Waals surface area (Å²) in [6.45, 7) is 5.62. The summed E-state index contributed by atoms with van der Waals surface area (Å²) in [7, 11) is 0. The molecule has 3 fully saturated rings. The molecule has 0 aromatic carbocycles. The molecule has 2 N–H and O–H groups in total. The molecule has 6 nitrogen and oxygen atoms in total. The molecule has 1 spiro atoms. The van der Waals surface area contributed by atoms with Gasteiger partial charge in [0.2, 0.25) is 0 Å². The van der Waals surface area contributed by atoms with Crippen molar-refractivity contribution in [2.24, 2.45) is 17.8 Å². The Morgan fingerprint density at radius 2 is 1.88 bits per heavy atom. The fourth-order valence-electron chi connectivity index (χ4n) is 4.71. The van der Waals surface area contributed by atoms with Gasteiger partial charge in [-0.25, -0.2) is 4.79 Å². The van der Waals surface area contributed by atoms with Crippen molar-refractivity contribution in [2.45, 2.75) is 63.4 Å². The average Bonchev–Trinajstić information content (AvgIpc) is 2.82. The molecule has 0 unspecified atom stereocenters. The first-order valence-corrected chi connectivity index (χ1v) is 8.95. The van der Waals surface area contributed by atoms with Gasteiger partial charge < -0.3 is 19.7 Å². The number of rotatable bonds is 0. The monoisotopic (exact) mass is 348 g/mol. The minimum atomic E-state index is -1.15. The topological polar surface area (TPSA) is 93.1 Å². The minimum Gasteiger partial charge on any atom is -0.484 e. The summed E-state index contributed by atoms with van der Waals surface area (Å²) in [4.78, 5) is 25.2. The number of fused-ring (bicyclic) bond motifs is 1. The summed E-state index contributed by atoms with van der Waals surface area (Å²) in [5, 5.41) is 21.3. The maximum atomic E-state index is 12.7. The van der Waals surface area contributed by atoms with E-state index in [4.69, 9.17) is 9.47 Å². The molecule has 0 radical (unpaired) electrons. The Kier molecular flexibility index (Phi) is 3.48. The van der Waals surface area contributed by atoms with Crippen molar-refractivity contribution in [3.63, 3.8) is 0 Å². The van der Waals surface area contributed by atoms with Gasteiger partial charge in [0.15, 0.2) is 17.1 Å². The lowest BCUT2D eigenvalue weighted by molar-refractivity contribution is -0.262. The zero-order valence-corrected chi connectivity index (χ0v) is 14.7. The maximum absolute atomic E-state index is 12.7. The van der Waals surface area contributed by atoms with Gasteiger partial charge in [-0.15, -0.1) is 0 Å². The molecule has 5 rings (SSSR count). The van der Waals surface area contributed by atoms with Gasteiger partial charge in [0.05, 0.1) is 12.0 Å². The number of esters is 1. The molecule has 2 saturated heterocycles. The zero-order chi connectivity index (χ0) is 18.1. The SMILES string of the molecule is C[C@H]1CCC(=O)C2=C3O[C@@]4(C)[C@@H](C)C[C@]3(OC2=O)[C@@H](/C=C/[C@H]1O)[C@@H]4O. The van der Waals surface area contributed by atoms with Gasteiger partial charge in [-0.05, 0) is 19.3 Å². The van der Waals surface area contributed by atoms with Crippen LogP contribution in [0.2, 0.25) is 0 Å². The second-order valence-electron chi connectivity index (χ2n) is 8.16. The van der Waals surface area contributed by atoms with Crippen LogP contribution >= 0.6 is 0 Å². The average molecular weight is 348 g/mol. The van der Waals surface area contributed by atoms with E-state index >= 15 is 0 Å². The molecule has 3 heterocycles. The summed E-state index contributed by atoms with van der Waals surface area (Å²) < 4.78 is 11.8. The van der Waals surface area contributed by atoms with E-state index in [9.17, 15) is 19.8 Å². The smallest absolute Gasteiger partial charge is 0.346 e. The molecule has 0 aromatic heterocycles. The lowest BCUT2D eigenvalue weighted by Gasteiger charge is -2.59. The standard InChI is InChI=1S/C19H24O6/c1-9-4-6-13(21)14-16-19(25-17(14)23)8-10(2)18(3,24-16)15(22)11(19)5-7-12(9)20/h5,7,9-12,15,20,22H,4,6,8H2,1-3H3/b7-5+/t9-,10-,11-,12+,15-,18-,19-/m0/s1. The third-order valence-electron chi connectivity index (χ3n) is 6.67. The number of aliphatic hydroxyl groups excluding tert-OH is 2. The van der Waals surface area contributed by atoms with Crippen molar-refractivity contribution in [3.8, 4) is 0 Å². The van der Waals surface area contributed by atoms with E-state index < -0.39 is 35.3 Å². The molecule has 7 atom stereocenters. The van der Waals surface area contributed by atoms with Crippen LogP contribution in [0.4, 0.5) is 0 Å². The van der Waals surface area contributed by atoms with Crippen LogP contribution in [-0.2, 0) is 19.1 Å². The normalized spacial score (nSPS) is 50.2. The Bertz CT molecular complexity index is 709. The van der Waals surface area contributed by atoms with Gasteiger partial charge in [-0.3, -0.25) is 4.79 Å². The van der Waals surface area contributed by atoms with Crippen LogP contribution in [0.15, 0.2) is 23.5 Å². The van der Waals surface area contributed by atoms with E-state index in [1.807, 2.05) is 20.8 Å². The summed E-state index contributed by atoms with van der Waals surface area (Å²) in [6, 6.07) is 0. The molecule has 5 bridgehead atoms. The number of carbonyl (C=O) groups is 2. The second kappa shape index (κ2) is 5.17. The van der Waals surface area contributed by atoms with E-state index in [1.165, 1.54) is 0 Å². The van der Waals surface area contributed by atoms with E-state index in [2.05, 4.69) is 0 Å². The summed E-state index contributed by atoms with van der Waals surface area (Å²) in [6.07, 6.45) is 2.87. The molecule has 6 heteroatoms. The van der Waals surface area contributed by atoms with E-state index in [-0.39, 0.29) is 35.4 Å². The molecule has 2 aliphatic carbocycles. The van der Waals surface area contributed by atoms with E-state index in [0.717, 1.165) is 0 Å². The molecule has 25 heavy (non-hydrogen) atoms. The van der Waals surface area contributed by atoms with E-state index in [1.54, 1.807) is 12.2 Å². The third-order valence-corrected chi connectivity index (χ3v) is 6.67. The summed E-state index contributed by atoms with van der Waals surface area (Å²) in [5.74, 6) is -1.40. The highest BCUT2D eigenvalue weighted by molar-refractivity contribution is 6.19. The molecule has 0 aromatic rings. The van der Waals surface area contributed by atoms with E-state index in [0.29, 0.717) is 12.8 Å². The Hall–Kier alpha value is -1.66. The number of ether oxygens (including phenoxy) is 2. The summed E-state index contributed by atoms with van der Waals surface area (Å²) in [5.41, 5.74) is -2.06. The van der Waals surface area contributed by atoms with Crippen molar-refractivity contribution in [1.29, 1.82) is 0 Å². The van der Waals surface area contributed by atoms with Gasteiger partial charge in [0.1, 0.15) is 17.3 Å². The highest BCUT2D eigenvalue weighted by atomic mass is 16.6. The van der Waals surface area contributed by atoms with Gasteiger partial charge >= 0.3 is 5.97 Å². The maximum Gasteiger partial charge on any atom is 0.346 e. The zero-order valence-electron chi connectivity index (χ0n) is 14.7. The Balaban J connectivity index is 1.93. The second-order valence-corrected chi connectivity index (χ2v) is 8.16. The number of aliphatic hydroxyl groups is 2. The first kappa shape index (κ1) is 16.8. The van der Waals surface area contributed by atoms with Crippen LogP contribution in [-0.4, -0.2) is 45.4 Å². The third kappa shape index (κ3) is 2.04. The van der Waals surface area contributed by atoms with Gasteiger partial charge in [0, 0.05) is 18.8 Å². The number of ketones is 1. The highest BCUT2D eigenvalue weighted by Gasteiger charge is 2.70. The van der Waals surface area contributed by atoms with Crippen LogP contribution in [0, 0.1) is 17.8 Å². The van der Waals surface area contributed by atoms with Crippen LogP contribution in [0.25, 0.3) is 0 Å². The van der Waals surface area contributed by atoms with Gasteiger partial charge in [-0.2, -0.15) is 0 Å². The first-order chi connectivity index (χ1) is 11.7. The van der Waals surface area contributed by atoms with Crippen LogP contribution in [0.5, 0.6) is 0 Å². The minimum absolute atomic E-state index is 0.00739. The van der Waals surface area contributed by atoms with Crippen molar-refractivity contribution < 1.29 is 29.3 Å². The quantitative estimate of drug-likeness (QED) is 0.389. The molecule has 1 saturated carbocycles. The van der Waals surface area contributed by atoms with Crippen LogP contribution in [0.1, 0.15) is 40.0 Å². The lowest BCUT2D eigenvalue weighted by atomic mass is 9.59. The van der Waals surface area contributed by atoms with Crippen LogP contribution in [0.3, 0.4) is 0 Å². The Morgan fingerprint density at radius 1 is 1.16 bits per heavy atom. The van der Waals surface area contributed by atoms with Crippen LogP contribution < -0.4 is 0 Å². The first-order valence-electron chi connectivity index (χ1n) is 8.95. The van der Waals surface area contributed by atoms with Crippen molar-refractivity contribution in [3.05, 3.63) is 23.5 Å². The highest BCUT2D eigenvalue weighted by Crippen LogP contribution is 2.60. The van der Waals surface area contributed by atoms with Crippen molar-refractivity contribution >= 4 is 11.8 Å². The van der Waals surface area contributed by atoms with Gasteiger partial charge in [0.25, 0.3) is 0 Å². The van der Waals surface area contributed by atoms with Gasteiger partial charge in [-0.1, -0.05) is 26.0 Å². The van der Waals surface area contributed by atoms with Crippen molar-refractivity contribution in [2.75, 3.05) is 0 Å². The molecular weight excluding hydrogens is 324 g/mol. The number of Topliss-reactive ketones (excluding diaryl/α,β-unsaturated/α-hetero) is 1. The molecular formula is C19H24O6. The molecule has 5 aliphatic rings. The number of hydrogen-bond donors (Lipinski definition) is 2. The Labute approximate surface area is 146 Å². The molecule has 136 valence electrons. The molecule has 3 aliphatic heterocycles. The number of hydrogen-bond acceptors (Lipinski definition) is 6. The largest absolute Gasteiger partial charge is 0.484 e. The summed E-state index contributed by atoms with van der Waals surface area (Å²) >= 11 is 0. The number of carbonyl (C=O) groups excluding carboxylic acids is 2. The lowest BCUT2D eigenvalue weighted by Crippen LogP contribution is -2.69. The fraction of sp³-hybridized carbons (Fsp3) is 0.684. The predicted octanol–water partition coefficient (Wildman–Crippen LogP) is 1.26. The molecule has 0 amide bonds. The van der Waals surface area contributed by atoms with Crippen molar-refractivity contribution in [1.82, 2.24) is 0 Å².